The molecule has 15 heavy (non-hydrogen) atoms. The predicted molar refractivity (Wildman–Crippen MR) is 52.0 cm³/mol. The first-order valence-electron chi connectivity index (χ1n) is 3.99. The summed E-state index contributed by atoms with van der Waals surface area (Å²) in [5.74, 6) is -0.685. The van der Waals surface area contributed by atoms with Gasteiger partial charge in [-0.05, 0) is 13.0 Å². The number of fused-ring (bicyclic) bond motifs is 1. The van der Waals surface area contributed by atoms with E-state index in [2.05, 4.69) is 27.7 Å². The standard InChI is InChI=1S/C7H7N5O2S/c1-3-2-4(15)12-7(8-3)9-5(10-12)6(13)11-14/h2,14-15H,1H3,(H,11,13). The number of nitrogens with one attached hydrogen (secondary N) is 1. The van der Waals surface area contributed by atoms with Gasteiger partial charge in [0.25, 0.3) is 5.78 Å². The smallest absolute Gasteiger partial charge is 0.288 e. The van der Waals surface area contributed by atoms with Gasteiger partial charge in [0.05, 0.1) is 0 Å². The van der Waals surface area contributed by atoms with Gasteiger partial charge in [-0.3, -0.25) is 10.0 Å². The molecule has 0 aromatic carbocycles. The number of rotatable bonds is 1. The number of aryl methyl sites for hydroxylation is 1. The second-order valence-electron chi connectivity index (χ2n) is 2.84. The van der Waals surface area contributed by atoms with E-state index in [1.54, 1.807) is 13.0 Å². The molecule has 0 spiro atoms. The van der Waals surface area contributed by atoms with E-state index in [1.807, 2.05) is 0 Å². The molecular weight excluding hydrogens is 218 g/mol. The molecule has 2 aromatic rings. The summed E-state index contributed by atoms with van der Waals surface area (Å²) in [6.45, 7) is 1.78. The van der Waals surface area contributed by atoms with Crippen LogP contribution in [0.4, 0.5) is 0 Å². The Bertz CT molecular complexity index is 537. The van der Waals surface area contributed by atoms with Crippen molar-refractivity contribution in [3.8, 4) is 0 Å². The normalized spacial score (nSPS) is 10.6. The number of amides is 1. The fourth-order valence-corrected chi connectivity index (χ4v) is 1.44. The summed E-state index contributed by atoms with van der Waals surface area (Å²) in [5.41, 5.74) is 2.16. The van der Waals surface area contributed by atoms with Gasteiger partial charge in [-0.2, -0.15) is 9.50 Å². The van der Waals surface area contributed by atoms with E-state index in [0.29, 0.717) is 5.03 Å². The molecular formula is C7H7N5O2S. The van der Waals surface area contributed by atoms with Crippen molar-refractivity contribution in [2.24, 2.45) is 0 Å². The maximum absolute atomic E-state index is 11.0. The van der Waals surface area contributed by atoms with Crippen molar-refractivity contribution in [1.29, 1.82) is 0 Å². The lowest BCUT2D eigenvalue weighted by Crippen LogP contribution is -2.20. The molecule has 0 unspecified atom stereocenters. The highest BCUT2D eigenvalue weighted by Gasteiger charge is 2.13. The Hall–Kier alpha value is -1.67. The van der Waals surface area contributed by atoms with Gasteiger partial charge in [-0.1, -0.05) is 0 Å². The number of carbonyl (C=O) groups is 1. The second kappa shape index (κ2) is 3.48. The summed E-state index contributed by atoms with van der Waals surface area (Å²) >= 11 is 4.16. The number of aromatic nitrogens is 4. The lowest BCUT2D eigenvalue weighted by molar-refractivity contribution is 0.0695. The van der Waals surface area contributed by atoms with Gasteiger partial charge in [-0.15, -0.1) is 17.7 Å². The highest BCUT2D eigenvalue weighted by atomic mass is 32.1. The van der Waals surface area contributed by atoms with Crippen molar-refractivity contribution < 1.29 is 10.0 Å². The molecule has 0 saturated carbocycles. The summed E-state index contributed by atoms with van der Waals surface area (Å²) in [7, 11) is 0. The van der Waals surface area contributed by atoms with Gasteiger partial charge >= 0.3 is 5.91 Å². The van der Waals surface area contributed by atoms with E-state index in [4.69, 9.17) is 5.21 Å². The molecule has 1 amide bonds. The minimum absolute atomic E-state index is 0.161. The van der Waals surface area contributed by atoms with Crippen molar-refractivity contribution in [2.75, 3.05) is 0 Å². The molecule has 0 atom stereocenters. The zero-order chi connectivity index (χ0) is 11.0. The van der Waals surface area contributed by atoms with Crippen LogP contribution >= 0.6 is 12.6 Å². The molecule has 0 aliphatic carbocycles. The van der Waals surface area contributed by atoms with E-state index in [-0.39, 0.29) is 11.6 Å². The number of hydrogen-bond donors (Lipinski definition) is 3. The molecule has 0 aliphatic rings. The molecule has 0 saturated heterocycles. The molecule has 78 valence electrons. The van der Waals surface area contributed by atoms with Gasteiger partial charge in [0, 0.05) is 5.69 Å². The summed E-state index contributed by atoms with van der Waals surface area (Å²) in [4.78, 5) is 18.9. The van der Waals surface area contributed by atoms with E-state index in [1.165, 1.54) is 10.00 Å². The average Bonchev–Trinajstić information content (AvgIpc) is 2.60. The summed E-state index contributed by atoms with van der Waals surface area (Å²) < 4.78 is 1.31. The first kappa shape index (κ1) is 9.87. The fourth-order valence-electron chi connectivity index (χ4n) is 1.11. The fraction of sp³-hybridized carbons (Fsp3) is 0.143. The van der Waals surface area contributed by atoms with Crippen LogP contribution in [0, 0.1) is 6.92 Å². The molecule has 2 N–H and O–H groups in total. The Morgan fingerprint density at radius 1 is 1.60 bits per heavy atom. The third-order valence-electron chi connectivity index (χ3n) is 1.73. The molecule has 0 bridgehead atoms. The van der Waals surface area contributed by atoms with Crippen LogP contribution in [-0.2, 0) is 0 Å². The molecule has 8 heteroatoms. The number of thiol groups is 1. The molecule has 2 rings (SSSR count). The zero-order valence-corrected chi connectivity index (χ0v) is 8.56. The van der Waals surface area contributed by atoms with Crippen LogP contribution in [0.5, 0.6) is 0 Å². The Labute approximate surface area is 89.5 Å². The second-order valence-corrected chi connectivity index (χ2v) is 3.30. The van der Waals surface area contributed by atoms with Crippen molar-refractivity contribution in [1.82, 2.24) is 25.1 Å². The Balaban J connectivity index is 2.65. The van der Waals surface area contributed by atoms with Crippen molar-refractivity contribution in [2.45, 2.75) is 11.9 Å². The van der Waals surface area contributed by atoms with E-state index < -0.39 is 5.91 Å². The number of hydroxylamine groups is 1. The van der Waals surface area contributed by atoms with Gasteiger partial charge in [0.2, 0.25) is 5.82 Å². The highest BCUT2D eigenvalue weighted by Crippen LogP contribution is 2.09. The number of nitrogens with zero attached hydrogens (tertiary/aromatic N) is 4. The Morgan fingerprint density at radius 3 is 3.00 bits per heavy atom. The maximum atomic E-state index is 11.0. The third kappa shape index (κ3) is 1.64. The van der Waals surface area contributed by atoms with Crippen LogP contribution in [0.3, 0.4) is 0 Å². The van der Waals surface area contributed by atoms with Crippen molar-refractivity contribution in [3.63, 3.8) is 0 Å². The lowest BCUT2D eigenvalue weighted by atomic mass is 10.5. The average molecular weight is 225 g/mol. The Morgan fingerprint density at radius 2 is 2.33 bits per heavy atom. The third-order valence-corrected chi connectivity index (χ3v) is 2.04. The monoisotopic (exact) mass is 225 g/mol. The summed E-state index contributed by atoms with van der Waals surface area (Å²) in [6.07, 6.45) is 0. The molecule has 7 nitrogen and oxygen atoms in total. The lowest BCUT2D eigenvalue weighted by Gasteiger charge is -1.96. The van der Waals surface area contributed by atoms with Crippen LogP contribution < -0.4 is 5.48 Å². The number of carbonyl (C=O) groups excluding carboxylic acids is 1. The van der Waals surface area contributed by atoms with Gasteiger partial charge in [0.15, 0.2) is 0 Å². The largest absolute Gasteiger partial charge is 0.314 e. The van der Waals surface area contributed by atoms with Crippen LogP contribution in [0.15, 0.2) is 11.1 Å². The Kier molecular flexibility index (Phi) is 2.29. The quantitative estimate of drug-likeness (QED) is 0.271. The summed E-state index contributed by atoms with van der Waals surface area (Å²) in [6, 6.07) is 1.69. The molecule has 2 aromatic heterocycles. The van der Waals surface area contributed by atoms with Crippen LogP contribution in [0.1, 0.15) is 16.3 Å². The SMILES string of the molecule is Cc1cc(S)n2nc(C(=O)NO)nc2n1. The van der Waals surface area contributed by atoms with Gasteiger partial charge in [0.1, 0.15) is 5.03 Å². The summed E-state index contributed by atoms with van der Waals surface area (Å²) in [5, 5.41) is 12.7. The zero-order valence-electron chi connectivity index (χ0n) is 7.67. The molecule has 0 fully saturated rings. The van der Waals surface area contributed by atoms with Gasteiger partial charge in [-0.25, -0.2) is 10.5 Å². The number of hydrogen-bond acceptors (Lipinski definition) is 6. The van der Waals surface area contributed by atoms with E-state index in [9.17, 15) is 4.79 Å². The minimum Gasteiger partial charge on any atom is -0.288 e. The van der Waals surface area contributed by atoms with E-state index >= 15 is 0 Å². The van der Waals surface area contributed by atoms with Crippen molar-refractivity contribution >= 4 is 24.3 Å². The first-order valence-corrected chi connectivity index (χ1v) is 4.44. The highest BCUT2D eigenvalue weighted by molar-refractivity contribution is 7.80. The van der Waals surface area contributed by atoms with Crippen molar-refractivity contribution in [3.05, 3.63) is 17.6 Å². The van der Waals surface area contributed by atoms with Crippen LogP contribution in [0.2, 0.25) is 0 Å². The molecule has 0 radical (unpaired) electrons. The molecule has 0 aliphatic heterocycles. The van der Waals surface area contributed by atoms with E-state index in [0.717, 1.165) is 5.69 Å². The first-order chi connectivity index (χ1) is 7.11. The molecule has 2 heterocycles. The van der Waals surface area contributed by atoms with Crippen LogP contribution in [0.25, 0.3) is 5.78 Å². The maximum Gasteiger partial charge on any atom is 0.314 e. The van der Waals surface area contributed by atoms with Crippen LogP contribution in [-0.4, -0.2) is 30.7 Å². The minimum atomic E-state index is -0.786. The topological polar surface area (TPSA) is 92.4 Å². The van der Waals surface area contributed by atoms with Gasteiger partial charge < -0.3 is 0 Å². The predicted octanol–water partition coefficient (Wildman–Crippen LogP) is -0.160.